The smallest absolute Gasteiger partial charge is 0.339 e. The first-order chi connectivity index (χ1) is 12.3. The molecule has 1 heterocycles. The molecule has 1 fully saturated rings. The Morgan fingerprint density at radius 2 is 1.92 bits per heavy atom. The Bertz CT molecular complexity index is 991. The fourth-order valence-electron chi connectivity index (χ4n) is 2.29. The maximum absolute atomic E-state index is 12.7. The summed E-state index contributed by atoms with van der Waals surface area (Å²) in [6, 6.07) is 8.72. The number of hydrogen-bond acceptors (Lipinski definition) is 5. The summed E-state index contributed by atoms with van der Waals surface area (Å²) >= 11 is 18.3. The third kappa shape index (κ3) is 3.57. The van der Waals surface area contributed by atoms with Crippen molar-refractivity contribution >= 4 is 75.1 Å². The molecule has 0 saturated carbocycles. The SMILES string of the molecule is O=C(O)c1ccc(N2C(=O)/C(=C/c3ccc(Cl)cc3Cl)SC2=S)cc1O. The van der Waals surface area contributed by atoms with Crippen LogP contribution in [0.1, 0.15) is 15.9 Å². The number of anilines is 1. The number of carbonyl (C=O) groups is 2. The molecule has 0 atom stereocenters. The molecule has 132 valence electrons. The van der Waals surface area contributed by atoms with Crippen LogP contribution in [0.2, 0.25) is 10.0 Å². The van der Waals surface area contributed by atoms with E-state index in [1.165, 1.54) is 23.1 Å². The van der Waals surface area contributed by atoms with Crippen molar-refractivity contribution in [3.05, 3.63) is 62.5 Å². The first-order valence-corrected chi connectivity index (χ1v) is 9.05. The zero-order chi connectivity index (χ0) is 19.0. The Morgan fingerprint density at radius 1 is 1.19 bits per heavy atom. The molecule has 0 radical (unpaired) electrons. The first kappa shape index (κ1) is 18.7. The number of phenols is 1. The van der Waals surface area contributed by atoms with Crippen molar-refractivity contribution < 1.29 is 19.8 Å². The molecule has 5 nitrogen and oxygen atoms in total. The summed E-state index contributed by atoms with van der Waals surface area (Å²) in [7, 11) is 0. The number of hydrogen-bond donors (Lipinski definition) is 2. The fourth-order valence-corrected chi connectivity index (χ4v) is 4.04. The van der Waals surface area contributed by atoms with E-state index >= 15 is 0 Å². The minimum Gasteiger partial charge on any atom is -0.507 e. The highest BCUT2D eigenvalue weighted by Crippen LogP contribution is 2.38. The number of carbonyl (C=O) groups excluding carboxylic acids is 1. The highest BCUT2D eigenvalue weighted by molar-refractivity contribution is 8.27. The lowest BCUT2D eigenvalue weighted by molar-refractivity contribution is -0.113. The molecule has 1 amide bonds. The molecule has 1 aliphatic heterocycles. The zero-order valence-electron chi connectivity index (χ0n) is 12.8. The molecule has 2 aromatic rings. The largest absolute Gasteiger partial charge is 0.507 e. The molecule has 2 N–H and O–H groups in total. The van der Waals surface area contributed by atoms with Crippen LogP contribution in [0.15, 0.2) is 41.3 Å². The predicted molar refractivity (Wildman–Crippen MR) is 107 cm³/mol. The minimum absolute atomic E-state index is 0.258. The van der Waals surface area contributed by atoms with Gasteiger partial charge in [-0.25, -0.2) is 4.79 Å². The van der Waals surface area contributed by atoms with Gasteiger partial charge in [-0.1, -0.05) is 53.2 Å². The van der Waals surface area contributed by atoms with Crippen LogP contribution in [0.3, 0.4) is 0 Å². The number of thioether (sulfide) groups is 1. The number of rotatable bonds is 3. The Morgan fingerprint density at radius 3 is 2.54 bits per heavy atom. The second-order valence-electron chi connectivity index (χ2n) is 5.19. The number of thiocarbonyl (C=S) groups is 1. The minimum atomic E-state index is -1.27. The van der Waals surface area contributed by atoms with Crippen LogP contribution in [0.25, 0.3) is 6.08 Å². The van der Waals surface area contributed by atoms with E-state index in [0.29, 0.717) is 20.5 Å². The van der Waals surface area contributed by atoms with Gasteiger partial charge in [-0.05, 0) is 35.9 Å². The van der Waals surface area contributed by atoms with E-state index in [0.717, 1.165) is 11.8 Å². The average Bonchev–Trinajstić information content (AvgIpc) is 2.83. The molecule has 0 aliphatic carbocycles. The van der Waals surface area contributed by atoms with Crippen molar-refractivity contribution in [2.45, 2.75) is 0 Å². The highest BCUT2D eigenvalue weighted by Gasteiger charge is 2.34. The number of aromatic hydroxyl groups is 1. The van der Waals surface area contributed by atoms with Crippen LogP contribution in [-0.4, -0.2) is 26.4 Å². The number of carboxylic acids is 1. The Kier molecular flexibility index (Phi) is 5.24. The first-order valence-electron chi connectivity index (χ1n) is 7.07. The molecule has 1 aliphatic rings. The van der Waals surface area contributed by atoms with E-state index < -0.39 is 17.6 Å². The molecule has 0 bridgehead atoms. The Labute approximate surface area is 167 Å². The topological polar surface area (TPSA) is 77.8 Å². The van der Waals surface area contributed by atoms with Gasteiger partial charge in [0.05, 0.1) is 10.6 Å². The maximum Gasteiger partial charge on any atom is 0.339 e. The summed E-state index contributed by atoms with van der Waals surface area (Å²) < 4.78 is 0.258. The van der Waals surface area contributed by atoms with Gasteiger partial charge in [0, 0.05) is 16.1 Å². The van der Waals surface area contributed by atoms with Gasteiger partial charge in [-0.3, -0.25) is 9.69 Å². The number of aromatic carboxylic acids is 1. The van der Waals surface area contributed by atoms with Gasteiger partial charge < -0.3 is 10.2 Å². The van der Waals surface area contributed by atoms with Crippen LogP contribution < -0.4 is 4.90 Å². The van der Waals surface area contributed by atoms with Crippen molar-refractivity contribution in [2.75, 3.05) is 4.90 Å². The van der Waals surface area contributed by atoms with E-state index in [-0.39, 0.29) is 15.6 Å². The van der Waals surface area contributed by atoms with Gasteiger partial charge in [-0.15, -0.1) is 0 Å². The van der Waals surface area contributed by atoms with Crippen molar-refractivity contribution in [3.63, 3.8) is 0 Å². The molecule has 9 heteroatoms. The lowest BCUT2D eigenvalue weighted by atomic mass is 10.1. The number of carboxylic acid groups (broad SMARTS) is 1. The zero-order valence-corrected chi connectivity index (χ0v) is 15.9. The summed E-state index contributed by atoms with van der Waals surface area (Å²) in [5.74, 6) is -2.11. The molecule has 0 aromatic heterocycles. The monoisotopic (exact) mass is 425 g/mol. The second kappa shape index (κ2) is 7.28. The van der Waals surface area contributed by atoms with Crippen molar-refractivity contribution in [2.24, 2.45) is 0 Å². The third-order valence-corrected chi connectivity index (χ3v) is 5.38. The number of benzene rings is 2. The Hall–Kier alpha value is -2.06. The van der Waals surface area contributed by atoms with Crippen molar-refractivity contribution in [1.82, 2.24) is 0 Å². The van der Waals surface area contributed by atoms with Crippen LogP contribution >= 0.6 is 47.2 Å². The molecule has 0 unspecified atom stereocenters. The predicted octanol–water partition coefficient (Wildman–Crippen LogP) is 4.80. The molecule has 2 aromatic carbocycles. The van der Waals surface area contributed by atoms with Crippen LogP contribution in [-0.2, 0) is 4.79 Å². The Balaban J connectivity index is 1.95. The summed E-state index contributed by atoms with van der Waals surface area (Å²) in [5, 5.41) is 19.7. The van der Waals surface area contributed by atoms with Crippen LogP contribution in [0.4, 0.5) is 5.69 Å². The molecular weight excluding hydrogens is 417 g/mol. The lowest BCUT2D eigenvalue weighted by Crippen LogP contribution is -2.27. The van der Waals surface area contributed by atoms with Gasteiger partial charge in [-0.2, -0.15) is 0 Å². The van der Waals surface area contributed by atoms with E-state index in [2.05, 4.69) is 0 Å². The standard InChI is InChI=1S/C17H9Cl2NO4S2/c18-9-2-1-8(12(19)6-9)5-14-15(22)20(17(25)26-14)10-3-4-11(16(23)24)13(21)7-10/h1-7,21H,(H,23,24)/b14-5-. The van der Waals surface area contributed by atoms with Crippen molar-refractivity contribution in [3.8, 4) is 5.75 Å². The van der Waals surface area contributed by atoms with E-state index in [4.69, 9.17) is 40.5 Å². The number of nitrogens with zero attached hydrogens (tertiary/aromatic N) is 1. The number of amides is 1. The molecule has 26 heavy (non-hydrogen) atoms. The summed E-state index contributed by atoms with van der Waals surface area (Å²) in [6.45, 7) is 0. The fraction of sp³-hybridized carbons (Fsp3) is 0. The van der Waals surface area contributed by atoms with Gasteiger partial charge in [0.15, 0.2) is 4.32 Å². The molecule has 3 rings (SSSR count). The van der Waals surface area contributed by atoms with Crippen molar-refractivity contribution in [1.29, 1.82) is 0 Å². The highest BCUT2D eigenvalue weighted by atomic mass is 35.5. The van der Waals surface area contributed by atoms with Gasteiger partial charge >= 0.3 is 5.97 Å². The average molecular weight is 426 g/mol. The summed E-state index contributed by atoms with van der Waals surface area (Å²) in [5.41, 5.74) is 0.629. The normalized spacial score (nSPS) is 15.8. The summed E-state index contributed by atoms with van der Waals surface area (Å²) in [6.07, 6.45) is 1.60. The van der Waals surface area contributed by atoms with E-state index in [1.807, 2.05) is 0 Å². The van der Waals surface area contributed by atoms with Gasteiger partial charge in [0.25, 0.3) is 5.91 Å². The van der Waals surface area contributed by atoms with Crippen LogP contribution in [0, 0.1) is 0 Å². The maximum atomic E-state index is 12.7. The molecular formula is C17H9Cl2NO4S2. The quantitative estimate of drug-likeness (QED) is 0.542. The molecule has 0 spiro atoms. The second-order valence-corrected chi connectivity index (χ2v) is 7.71. The third-order valence-electron chi connectivity index (χ3n) is 3.51. The van der Waals surface area contributed by atoms with Gasteiger partial charge in [0.1, 0.15) is 11.3 Å². The van der Waals surface area contributed by atoms with E-state index in [9.17, 15) is 14.7 Å². The molecule has 1 saturated heterocycles. The van der Waals surface area contributed by atoms with Gasteiger partial charge in [0.2, 0.25) is 0 Å². The summed E-state index contributed by atoms with van der Waals surface area (Å²) in [4.78, 5) is 25.3. The van der Waals surface area contributed by atoms with Crippen LogP contribution in [0.5, 0.6) is 5.75 Å². The van der Waals surface area contributed by atoms with E-state index in [1.54, 1.807) is 24.3 Å². The lowest BCUT2D eigenvalue weighted by Gasteiger charge is -2.15. The number of halogens is 2.